The second kappa shape index (κ2) is 10.3. The highest BCUT2D eigenvalue weighted by Gasteiger charge is 2.25. The fraction of sp³-hybridized carbons (Fsp3) is 0.867. The van der Waals surface area contributed by atoms with E-state index in [4.69, 9.17) is 0 Å². The third kappa shape index (κ3) is 6.76. The number of allylic oxidation sites excluding steroid dienone is 1. The van der Waals surface area contributed by atoms with E-state index < -0.39 is 0 Å². The van der Waals surface area contributed by atoms with E-state index in [-0.39, 0.29) is 0 Å². The van der Waals surface area contributed by atoms with Crippen molar-refractivity contribution in [2.45, 2.75) is 67.7 Å². The first-order chi connectivity index (χ1) is 7.11. The van der Waals surface area contributed by atoms with Crippen LogP contribution in [0.5, 0.6) is 0 Å². The molecule has 0 aromatic rings. The molecule has 0 heteroatoms. The van der Waals surface area contributed by atoms with Crippen LogP contribution in [-0.2, 0) is 0 Å². The van der Waals surface area contributed by atoms with Crippen molar-refractivity contribution in [2.24, 2.45) is 17.8 Å². The lowest BCUT2D eigenvalue weighted by atomic mass is 9.73. The molecule has 0 N–H and O–H groups in total. The summed E-state index contributed by atoms with van der Waals surface area (Å²) in [6.45, 7) is 19.0. The van der Waals surface area contributed by atoms with E-state index in [1.807, 2.05) is 27.7 Å². The number of hydrogen-bond donors (Lipinski definition) is 0. The molecule has 0 aromatic carbocycles. The third-order valence-corrected chi connectivity index (χ3v) is 3.09. The maximum Gasteiger partial charge on any atom is -0.0180 e. The van der Waals surface area contributed by atoms with Gasteiger partial charge in [0.05, 0.1) is 0 Å². The van der Waals surface area contributed by atoms with Gasteiger partial charge >= 0.3 is 0 Å². The lowest BCUT2D eigenvalue weighted by Gasteiger charge is -2.33. The minimum Gasteiger partial charge on any atom is -0.0999 e. The van der Waals surface area contributed by atoms with Crippen molar-refractivity contribution in [3.05, 3.63) is 12.2 Å². The Hall–Kier alpha value is -0.260. The van der Waals surface area contributed by atoms with E-state index in [2.05, 4.69) is 27.4 Å². The fourth-order valence-corrected chi connectivity index (χ4v) is 2.22. The lowest BCUT2D eigenvalue weighted by molar-refractivity contribution is 0.234. The van der Waals surface area contributed by atoms with Crippen LogP contribution < -0.4 is 0 Å². The number of hydrogen-bond acceptors (Lipinski definition) is 0. The molecule has 1 aliphatic carbocycles. The van der Waals surface area contributed by atoms with Crippen LogP contribution in [0.25, 0.3) is 0 Å². The zero-order valence-electron chi connectivity index (χ0n) is 12.1. The molecule has 15 heavy (non-hydrogen) atoms. The zero-order chi connectivity index (χ0) is 12.4. The average molecular weight is 212 g/mol. The molecular weight excluding hydrogens is 180 g/mol. The van der Waals surface area contributed by atoms with Gasteiger partial charge in [-0.05, 0) is 37.5 Å². The van der Waals surface area contributed by atoms with Crippen molar-refractivity contribution in [1.29, 1.82) is 0 Å². The molecule has 1 fully saturated rings. The maximum absolute atomic E-state index is 4.06. The summed E-state index contributed by atoms with van der Waals surface area (Å²) in [6, 6.07) is 0. The molecule has 3 unspecified atom stereocenters. The average Bonchev–Trinajstić information content (AvgIpc) is 2.27. The molecule has 0 nitrogen and oxygen atoms in total. The summed E-state index contributed by atoms with van der Waals surface area (Å²) in [6.07, 6.45) is 4.19. The molecule has 1 aliphatic rings. The first kappa shape index (κ1) is 17.1. The second-order valence-corrected chi connectivity index (χ2v) is 4.35. The van der Waals surface area contributed by atoms with Gasteiger partial charge in [0, 0.05) is 0 Å². The Morgan fingerprint density at radius 2 is 1.47 bits per heavy atom. The zero-order valence-corrected chi connectivity index (χ0v) is 12.1. The van der Waals surface area contributed by atoms with Crippen LogP contribution in [0.3, 0.4) is 0 Å². The minimum absolute atomic E-state index is 0.804. The van der Waals surface area contributed by atoms with E-state index in [0.717, 1.165) is 17.8 Å². The highest BCUT2D eigenvalue weighted by molar-refractivity contribution is 5.00. The SMILES string of the molecule is C=C(C)C1CC(C)CCC1C.CC.CC. The smallest absolute Gasteiger partial charge is 0.0180 e. The fourth-order valence-electron chi connectivity index (χ4n) is 2.22. The molecular formula is C15H32. The highest BCUT2D eigenvalue weighted by atomic mass is 14.3. The Balaban J connectivity index is 0. The van der Waals surface area contributed by atoms with Crippen molar-refractivity contribution >= 4 is 0 Å². The first-order valence-electron chi connectivity index (χ1n) is 6.76. The Morgan fingerprint density at radius 1 is 1.00 bits per heavy atom. The second-order valence-electron chi connectivity index (χ2n) is 4.35. The predicted molar refractivity (Wildman–Crippen MR) is 73.2 cm³/mol. The van der Waals surface area contributed by atoms with E-state index in [1.54, 1.807) is 0 Å². The molecule has 0 radical (unpaired) electrons. The van der Waals surface area contributed by atoms with Crippen LogP contribution in [-0.4, -0.2) is 0 Å². The minimum atomic E-state index is 0.804. The topological polar surface area (TPSA) is 0 Å². The summed E-state index contributed by atoms with van der Waals surface area (Å²) < 4.78 is 0. The van der Waals surface area contributed by atoms with Gasteiger partial charge in [0.2, 0.25) is 0 Å². The molecule has 0 spiro atoms. The normalized spacial score (nSPS) is 29.1. The monoisotopic (exact) mass is 212 g/mol. The van der Waals surface area contributed by atoms with Crippen molar-refractivity contribution < 1.29 is 0 Å². The maximum atomic E-state index is 4.06. The quantitative estimate of drug-likeness (QED) is 0.490. The van der Waals surface area contributed by atoms with Crippen molar-refractivity contribution in [2.75, 3.05) is 0 Å². The molecule has 0 aromatic heterocycles. The Bertz CT molecular complexity index is 146. The van der Waals surface area contributed by atoms with Crippen LogP contribution in [0, 0.1) is 17.8 Å². The molecule has 1 rings (SSSR count). The van der Waals surface area contributed by atoms with Gasteiger partial charge in [-0.1, -0.05) is 60.1 Å². The standard InChI is InChI=1S/C11H20.2C2H6/c1-8(2)11-7-9(3)5-6-10(11)4;2*1-2/h9-11H,1,5-7H2,2-4H3;2*1-2H3. The van der Waals surface area contributed by atoms with Crippen molar-refractivity contribution in [3.63, 3.8) is 0 Å². The molecule has 0 amide bonds. The van der Waals surface area contributed by atoms with Crippen LogP contribution in [0.4, 0.5) is 0 Å². The van der Waals surface area contributed by atoms with Crippen molar-refractivity contribution in [3.8, 4) is 0 Å². The summed E-state index contributed by atoms with van der Waals surface area (Å²) in [5.74, 6) is 2.61. The Kier molecular flexibility index (Phi) is 11.7. The molecule has 0 bridgehead atoms. The van der Waals surface area contributed by atoms with Gasteiger partial charge < -0.3 is 0 Å². The molecule has 0 heterocycles. The van der Waals surface area contributed by atoms with Crippen LogP contribution >= 0.6 is 0 Å². The van der Waals surface area contributed by atoms with Gasteiger partial charge in [0.1, 0.15) is 0 Å². The van der Waals surface area contributed by atoms with Gasteiger partial charge in [0.15, 0.2) is 0 Å². The first-order valence-corrected chi connectivity index (χ1v) is 6.76. The molecule has 92 valence electrons. The molecule has 0 saturated heterocycles. The summed E-state index contributed by atoms with van der Waals surface area (Å²) >= 11 is 0. The van der Waals surface area contributed by atoms with Crippen molar-refractivity contribution in [1.82, 2.24) is 0 Å². The largest absolute Gasteiger partial charge is 0.0999 e. The van der Waals surface area contributed by atoms with E-state index in [9.17, 15) is 0 Å². The van der Waals surface area contributed by atoms with Crippen LogP contribution in [0.15, 0.2) is 12.2 Å². The van der Waals surface area contributed by atoms with Gasteiger partial charge in [-0.3, -0.25) is 0 Å². The van der Waals surface area contributed by atoms with E-state index >= 15 is 0 Å². The van der Waals surface area contributed by atoms with Crippen LogP contribution in [0.1, 0.15) is 67.7 Å². The highest BCUT2D eigenvalue weighted by Crippen LogP contribution is 2.36. The summed E-state index contributed by atoms with van der Waals surface area (Å²) in [5, 5.41) is 0. The van der Waals surface area contributed by atoms with Gasteiger partial charge in [-0.25, -0.2) is 0 Å². The van der Waals surface area contributed by atoms with E-state index in [1.165, 1.54) is 24.8 Å². The Labute approximate surface area is 98.2 Å². The summed E-state index contributed by atoms with van der Waals surface area (Å²) in [5.41, 5.74) is 1.39. The van der Waals surface area contributed by atoms with Gasteiger partial charge in [-0.2, -0.15) is 0 Å². The third-order valence-electron chi connectivity index (χ3n) is 3.09. The van der Waals surface area contributed by atoms with Crippen LogP contribution in [0.2, 0.25) is 0 Å². The summed E-state index contributed by atoms with van der Waals surface area (Å²) in [4.78, 5) is 0. The lowest BCUT2D eigenvalue weighted by Crippen LogP contribution is -2.22. The van der Waals surface area contributed by atoms with Gasteiger partial charge in [0.25, 0.3) is 0 Å². The number of rotatable bonds is 1. The molecule has 3 atom stereocenters. The summed E-state index contributed by atoms with van der Waals surface area (Å²) in [7, 11) is 0. The molecule has 0 aliphatic heterocycles. The Morgan fingerprint density at radius 3 is 1.80 bits per heavy atom. The molecule has 1 saturated carbocycles. The van der Waals surface area contributed by atoms with Gasteiger partial charge in [-0.15, -0.1) is 0 Å². The van der Waals surface area contributed by atoms with E-state index in [0.29, 0.717) is 0 Å². The predicted octanol–water partition coefficient (Wildman–Crippen LogP) is 5.69.